The number of rotatable bonds is 3. The van der Waals surface area contributed by atoms with Gasteiger partial charge in [0.15, 0.2) is 5.16 Å². The van der Waals surface area contributed by atoms with Crippen LogP contribution in [0.3, 0.4) is 0 Å². The van der Waals surface area contributed by atoms with E-state index in [0.717, 1.165) is 40.4 Å². The highest BCUT2D eigenvalue weighted by atomic mass is 35.5. The number of fused-ring (bicyclic) bond motifs is 2. The van der Waals surface area contributed by atoms with Crippen LogP contribution in [0.4, 0.5) is 20.4 Å². The molecule has 0 N–H and O–H groups in total. The SMILES string of the molecule is CSc1nc(Cl)cc(N2CC3(CCCc4sc(N(C(=O)OC(C)(C)C)C(=O)OC(C)(C)C)c(C#N)c43)C2)n1. The Morgan fingerprint density at radius 2 is 1.76 bits per heavy atom. The molecule has 1 saturated heterocycles. The first-order valence-corrected chi connectivity index (χ1v) is 14.7. The van der Waals surface area contributed by atoms with Crippen molar-refractivity contribution < 1.29 is 19.1 Å². The van der Waals surface area contributed by atoms with Gasteiger partial charge in [0.2, 0.25) is 0 Å². The maximum atomic E-state index is 13.3. The number of aryl methyl sites for hydroxylation is 1. The number of imide groups is 1. The van der Waals surface area contributed by atoms with Crippen LogP contribution in [0.15, 0.2) is 11.2 Å². The molecule has 1 aliphatic carbocycles. The van der Waals surface area contributed by atoms with Gasteiger partial charge in [0.05, 0.1) is 5.56 Å². The van der Waals surface area contributed by atoms with Crippen molar-refractivity contribution in [2.45, 2.75) is 82.6 Å². The van der Waals surface area contributed by atoms with Crippen LogP contribution in [-0.4, -0.2) is 52.7 Å². The second kappa shape index (κ2) is 10.2. The summed E-state index contributed by atoms with van der Waals surface area (Å²) in [6.45, 7) is 11.6. The lowest BCUT2D eigenvalue weighted by molar-refractivity contribution is 0.0432. The number of nitrogens with zero attached hydrogens (tertiary/aromatic N) is 5. The van der Waals surface area contributed by atoms with E-state index >= 15 is 0 Å². The number of hydrogen-bond donors (Lipinski definition) is 0. The van der Waals surface area contributed by atoms with E-state index in [2.05, 4.69) is 20.9 Å². The number of ether oxygens (including phenoxy) is 2. The van der Waals surface area contributed by atoms with E-state index in [1.54, 1.807) is 47.6 Å². The highest BCUT2D eigenvalue weighted by Gasteiger charge is 2.51. The minimum atomic E-state index is -0.869. The van der Waals surface area contributed by atoms with Gasteiger partial charge in [-0.2, -0.15) is 10.2 Å². The number of anilines is 2. The third-order valence-electron chi connectivity index (χ3n) is 6.17. The summed E-state index contributed by atoms with van der Waals surface area (Å²) in [5.41, 5.74) is -0.745. The van der Waals surface area contributed by atoms with E-state index in [1.807, 2.05) is 6.26 Å². The van der Waals surface area contributed by atoms with Crippen LogP contribution in [0.2, 0.25) is 5.15 Å². The van der Waals surface area contributed by atoms with Crippen molar-refractivity contribution in [3.63, 3.8) is 0 Å². The van der Waals surface area contributed by atoms with Crippen LogP contribution in [0.1, 0.15) is 70.4 Å². The lowest BCUT2D eigenvalue weighted by atomic mass is 9.66. The highest BCUT2D eigenvalue weighted by Crippen LogP contribution is 2.52. The van der Waals surface area contributed by atoms with Gasteiger partial charge < -0.3 is 14.4 Å². The summed E-state index contributed by atoms with van der Waals surface area (Å²) in [5.74, 6) is 0.741. The van der Waals surface area contributed by atoms with Gasteiger partial charge in [0, 0.05) is 29.4 Å². The second-order valence-electron chi connectivity index (χ2n) is 11.5. The van der Waals surface area contributed by atoms with E-state index in [1.165, 1.54) is 23.1 Å². The summed E-state index contributed by atoms with van der Waals surface area (Å²) in [5, 5.41) is 11.6. The minimum Gasteiger partial charge on any atom is -0.443 e. The number of thioether (sulfide) groups is 1. The fourth-order valence-corrected chi connectivity index (χ4v) is 6.83. The molecule has 2 aromatic rings. The number of hydrogen-bond acceptors (Lipinski definition) is 10. The Hall–Kier alpha value is -2.55. The average Bonchev–Trinajstić information content (AvgIpc) is 3.12. The first kappa shape index (κ1) is 28.5. The first-order chi connectivity index (χ1) is 17.7. The summed E-state index contributed by atoms with van der Waals surface area (Å²) in [6, 6.07) is 4.05. The van der Waals surface area contributed by atoms with Crippen molar-refractivity contribution >= 4 is 57.7 Å². The molecule has 4 rings (SSSR count). The Balaban J connectivity index is 1.74. The van der Waals surface area contributed by atoms with Crippen molar-refractivity contribution in [2.24, 2.45) is 0 Å². The smallest absolute Gasteiger partial charge is 0.425 e. The first-order valence-electron chi connectivity index (χ1n) is 12.3. The zero-order chi connectivity index (χ0) is 28.0. The van der Waals surface area contributed by atoms with Gasteiger partial charge in [0.1, 0.15) is 33.2 Å². The van der Waals surface area contributed by atoms with Crippen LogP contribution in [-0.2, 0) is 21.3 Å². The number of carbonyl (C=O) groups is 2. The Bertz CT molecular complexity index is 1270. The van der Waals surface area contributed by atoms with Crippen molar-refractivity contribution in [3.05, 3.63) is 27.2 Å². The van der Waals surface area contributed by atoms with E-state index in [-0.39, 0.29) is 10.4 Å². The number of aromatic nitrogens is 2. The molecule has 1 fully saturated rings. The van der Waals surface area contributed by atoms with Gasteiger partial charge in [-0.1, -0.05) is 23.4 Å². The second-order valence-corrected chi connectivity index (χ2v) is 13.8. The fourth-order valence-electron chi connectivity index (χ4n) is 4.83. The van der Waals surface area contributed by atoms with Crippen molar-refractivity contribution in [2.75, 3.05) is 29.1 Å². The largest absolute Gasteiger partial charge is 0.443 e. The maximum Gasteiger partial charge on any atom is 0.425 e. The Kier molecular flexibility index (Phi) is 7.64. The van der Waals surface area contributed by atoms with Gasteiger partial charge in [-0.15, -0.1) is 11.3 Å². The van der Waals surface area contributed by atoms with Gasteiger partial charge in [0.25, 0.3) is 0 Å². The standard InChI is InChI=1S/C26H32ClN5O4S2/c1-24(2,3)35-22(33)32(23(34)36-25(4,5)6)20-15(12-28)19-16(38-20)9-8-10-26(19)13-31(14-26)18-11-17(27)29-21(30-18)37-7/h11H,8-10,13-14H2,1-7H3. The number of amides is 2. The van der Waals surface area contributed by atoms with Gasteiger partial charge in [-0.05, 0) is 72.6 Å². The molecule has 9 nitrogen and oxygen atoms in total. The lowest BCUT2D eigenvalue weighted by Gasteiger charge is -2.53. The Morgan fingerprint density at radius 1 is 1.16 bits per heavy atom. The van der Waals surface area contributed by atoms with Crippen LogP contribution >= 0.6 is 34.7 Å². The molecule has 2 amide bonds. The van der Waals surface area contributed by atoms with Crippen molar-refractivity contribution in [3.8, 4) is 6.07 Å². The Morgan fingerprint density at radius 3 is 2.29 bits per heavy atom. The molecule has 0 bridgehead atoms. The molecule has 0 unspecified atom stereocenters. The highest BCUT2D eigenvalue weighted by molar-refractivity contribution is 7.98. The van der Waals surface area contributed by atoms with Crippen molar-refractivity contribution in [1.82, 2.24) is 9.97 Å². The third-order valence-corrected chi connectivity index (χ3v) is 8.15. The quantitative estimate of drug-likeness (QED) is 0.228. The minimum absolute atomic E-state index is 0.246. The lowest BCUT2D eigenvalue weighted by Crippen LogP contribution is -2.61. The number of nitriles is 1. The predicted molar refractivity (Wildman–Crippen MR) is 150 cm³/mol. The van der Waals surface area contributed by atoms with E-state index in [9.17, 15) is 14.9 Å². The summed E-state index contributed by atoms with van der Waals surface area (Å²) >= 11 is 8.94. The van der Waals surface area contributed by atoms with Crippen LogP contribution in [0.5, 0.6) is 0 Å². The molecule has 0 atom stereocenters. The normalized spacial score (nSPS) is 16.3. The van der Waals surface area contributed by atoms with Gasteiger partial charge >= 0.3 is 12.2 Å². The predicted octanol–water partition coefficient (Wildman–Crippen LogP) is 6.56. The average molecular weight is 578 g/mol. The molecule has 1 spiro atoms. The van der Waals surface area contributed by atoms with Crippen molar-refractivity contribution in [1.29, 1.82) is 5.26 Å². The molecule has 2 aromatic heterocycles. The van der Waals surface area contributed by atoms with E-state index < -0.39 is 23.4 Å². The summed E-state index contributed by atoms with van der Waals surface area (Å²) < 4.78 is 11.1. The van der Waals surface area contributed by atoms with Gasteiger partial charge in [-0.25, -0.2) is 19.6 Å². The monoisotopic (exact) mass is 577 g/mol. The number of halogens is 1. The summed E-state index contributed by atoms with van der Waals surface area (Å²) in [6.07, 6.45) is 2.74. The maximum absolute atomic E-state index is 13.3. The molecule has 0 radical (unpaired) electrons. The molecule has 0 saturated carbocycles. The van der Waals surface area contributed by atoms with Crippen LogP contribution in [0.25, 0.3) is 0 Å². The molecule has 2 aliphatic rings. The number of carbonyl (C=O) groups excluding carboxylic acids is 2. The zero-order valence-corrected chi connectivity index (χ0v) is 25.1. The Labute approximate surface area is 236 Å². The fraction of sp³-hybridized carbons (Fsp3) is 0.577. The third kappa shape index (κ3) is 5.72. The topological polar surface area (TPSA) is 109 Å². The molecule has 12 heteroatoms. The summed E-state index contributed by atoms with van der Waals surface area (Å²) in [7, 11) is 0. The number of thiophene rings is 1. The molecule has 204 valence electrons. The molecule has 0 aromatic carbocycles. The van der Waals surface area contributed by atoms with E-state index in [4.69, 9.17) is 21.1 Å². The summed E-state index contributed by atoms with van der Waals surface area (Å²) in [4.78, 5) is 39.4. The van der Waals surface area contributed by atoms with E-state index in [0.29, 0.717) is 29.0 Å². The zero-order valence-electron chi connectivity index (χ0n) is 22.7. The molecular formula is C26H32ClN5O4S2. The van der Waals surface area contributed by atoms with Crippen LogP contribution < -0.4 is 9.80 Å². The molecular weight excluding hydrogens is 546 g/mol. The van der Waals surface area contributed by atoms with Gasteiger partial charge in [-0.3, -0.25) is 0 Å². The molecule has 38 heavy (non-hydrogen) atoms. The molecule has 3 heterocycles. The van der Waals surface area contributed by atoms with Crippen LogP contribution in [0, 0.1) is 11.3 Å². The molecule has 1 aliphatic heterocycles.